The summed E-state index contributed by atoms with van der Waals surface area (Å²) in [6, 6.07) is 6.47. The molecular formula is C26H37ClF3N3O4S. The average Bonchev–Trinajstić information content (AvgIpc) is 3.09. The van der Waals surface area contributed by atoms with Crippen molar-refractivity contribution in [1.29, 1.82) is 0 Å². The van der Waals surface area contributed by atoms with Gasteiger partial charge in [-0.05, 0) is 31.4 Å². The third-order valence-electron chi connectivity index (χ3n) is 7.20. The number of halogens is 4. The van der Waals surface area contributed by atoms with Gasteiger partial charge in [-0.2, -0.15) is 0 Å². The van der Waals surface area contributed by atoms with Crippen LogP contribution in [-0.2, 0) is 14.6 Å². The van der Waals surface area contributed by atoms with E-state index in [4.69, 9.17) is 11.6 Å². The van der Waals surface area contributed by atoms with E-state index >= 15 is 4.39 Å². The number of likely N-dealkylation sites (tertiary alicyclic amines) is 2. The molecule has 2 saturated heterocycles. The van der Waals surface area contributed by atoms with Gasteiger partial charge < -0.3 is 10.4 Å². The number of carbonyl (C=O) groups excluding carboxylic acids is 1. The highest BCUT2D eigenvalue weighted by molar-refractivity contribution is 7.93. The summed E-state index contributed by atoms with van der Waals surface area (Å²) >= 11 is 6.43. The van der Waals surface area contributed by atoms with Crippen LogP contribution in [0.2, 0.25) is 5.02 Å². The number of nitrogens with one attached hydrogen (secondary N) is 1. The zero-order valence-corrected chi connectivity index (χ0v) is 23.5. The fourth-order valence-corrected chi connectivity index (χ4v) is 6.17. The molecule has 214 valence electrons. The van der Waals surface area contributed by atoms with Gasteiger partial charge in [-0.3, -0.25) is 14.6 Å². The van der Waals surface area contributed by atoms with Gasteiger partial charge in [0.2, 0.25) is 0 Å². The van der Waals surface area contributed by atoms with Gasteiger partial charge in [0.1, 0.15) is 6.23 Å². The van der Waals surface area contributed by atoms with Crippen molar-refractivity contribution in [2.75, 3.05) is 39.0 Å². The lowest BCUT2D eigenvalue weighted by Crippen LogP contribution is -2.48. The Labute approximate surface area is 227 Å². The number of carbonyl (C=O) groups is 1. The summed E-state index contributed by atoms with van der Waals surface area (Å²) in [6.45, 7) is 2.92. The summed E-state index contributed by atoms with van der Waals surface area (Å²) in [5.41, 5.74) is -1.42. The van der Waals surface area contributed by atoms with Crippen LogP contribution in [-0.4, -0.2) is 92.1 Å². The van der Waals surface area contributed by atoms with E-state index in [1.807, 2.05) is 12.1 Å². The molecule has 0 bridgehead atoms. The summed E-state index contributed by atoms with van der Waals surface area (Å²) < 4.78 is 66.0. The smallest absolute Gasteiger partial charge is 0.258 e. The lowest BCUT2D eigenvalue weighted by atomic mass is 9.87. The molecule has 1 unspecified atom stereocenters. The van der Waals surface area contributed by atoms with Gasteiger partial charge in [0.25, 0.3) is 11.8 Å². The van der Waals surface area contributed by atoms with Crippen LogP contribution in [0.4, 0.5) is 13.2 Å². The molecule has 12 heteroatoms. The number of benzene rings is 1. The number of aliphatic hydroxyl groups is 1. The van der Waals surface area contributed by atoms with E-state index in [0.29, 0.717) is 24.5 Å². The van der Waals surface area contributed by atoms with Crippen LogP contribution >= 0.6 is 11.6 Å². The first-order valence-corrected chi connectivity index (χ1v) is 15.1. The largest absolute Gasteiger partial charge is 0.378 e. The maximum absolute atomic E-state index is 15.7. The molecule has 2 N–H and O–H groups in total. The molecule has 7 nitrogen and oxygen atoms in total. The number of sulfone groups is 1. The van der Waals surface area contributed by atoms with Crippen molar-refractivity contribution in [3.63, 3.8) is 0 Å². The van der Waals surface area contributed by atoms with Gasteiger partial charge in [-0.15, -0.1) is 0 Å². The Kier molecular flexibility index (Phi) is 9.95. The van der Waals surface area contributed by atoms with E-state index in [0.717, 1.165) is 24.2 Å². The predicted molar refractivity (Wildman–Crippen MR) is 142 cm³/mol. The van der Waals surface area contributed by atoms with Crippen LogP contribution in [0.25, 0.3) is 0 Å². The first-order chi connectivity index (χ1) is 17.6. The van der Waals surface area contributed by atoms with Gasteiger partial charge >= 0.3 is 0 Å². The topological polar surface area (TPSA) is 90.0 Å². The molecule has 2 aliphatic rings. The minimum atomic E-state index is -3.38. The molecule has 1 amide bonds. The van der Waals surface area contributed by atoms with Crippen LogP contribution in [0.3, 0.4) is 0 Å². The molecule has 0 aromatic heterocycles. The lowest BCUT2D eigenvalue weighted by molar-refractivity contribution is -0.134. The highest BCUT2D eigenvalue weighted by atomic mass is 35.5. The van der Waals surface area contributed by atoms with Gasteiger partial charge in [0.15, 0.2) is 15.5 Å². The van der Waals surface area contributed by atoms with Crippen LogP contribution in [0.5, 0.6) is 0 Å². The second kappa shape index (κ2) is 12.2. The fraction of sp³-hybridized carbons (Fsp3) is 0.654. The minimum Gasteiger partial charge on any atom is -0.378 e. The maximum Gasteiger partial charge on any atom is 0.258 e. The Morgan fingerprint density at radius 1 is 1.29 bits per heavy atom. The molecule has 3 rings (SSSR count). The number of hydrogen-bond acceptors (Lipinski definition) is 6. The van der Waals surface area contributed by atoms with E-state index in [9.17, 15) is 27.1 Å². The fourth-order valence-electron chi connectivity index (χ4n) is 5.37. The number of amides is 1. The third kappa shape index (κ3) is 8.42. The molecule has 1 aromatic carbocycles. The van der Waals surface area contributed by atoms with Crippen LogP contribution in [0, 0.1) is 5.92 Å². The standard InChI is InChI=1S/C26H37ClF3N3O4S/c1-18(9-14-38(3,36)37)31-24(35)26(30)10-6-12-33(13-11-26)23(34)21-16-32(17-25(2,28)29)15-20(21)19-7-4-5-8-22(19)27/h4-5,7-9,14,18,20-21,23,34H,6,10-13,15-17H2,1-3H3,(H,31,35)/b14-9-/t18-,20+,21+,23?,26-/m1/s1. The van der Waals surface area contributed by atoms with Gasteiger partial charge in [0.05, 0.1) is 6.54 Å². The quantitative estimate of drug-likeness (QED) is 0.465. The molecule has 0 radical (unpaired) electrons. The molecule has 0 spiro atoms. The Hall–Kier alpha value is -1.66. The third-order valence-corrected chi connectivity index (χ3v) is 8.19. The second-order valence-electron chi connectivity index (χ2n) is 10.7. The van der Waals surface area contributed by atoms with E-state index in [1.54, 1.807) is 28.9 Å². The molecule has 2 aliphatic heterocycles. The first-order valence-electron chi connectivity index (χ1n) is 12.7. The number of rotatable bonds is 9. The highest BCUT2D eigenvalue weighted by Gasteiger charge is 2.45. The number of hydrogen-bond donors (Lipinski definition) is 2. The van der Waals surface area contributed by atoms with E-state index in [1.165, 1.54) is 6.08 Å². The van der Waals surface area contributed by atoms with Crippen molar-refractivity contribution in [3.8, 4) is 0 Å². The van der Waals surface area contributed by atoms with Gasteiger partial charge in [0, 0.05) is 74.1 Å². The molecule has 1 aromatic rings. The van der Waals surface area contributed by atoms with Crippen LogP contribution < -0.4 is 5.32 Å². The van der Waals surface area contributed by atoms with Gasteiger partial charge in [-0.25, -0.2) is 21.6 Å². The molecular weight excluding hydrogens is 543 g/mol. The number of nitrogens with zero attached hydrogens (tertiary/aromatic N) is 2. The highest BCUT2D eigenvalue weighted by Crippen LogP contribution is 2.40. The lowest BCUT2D eigenvalue weighted by Gasteiger charge is -2.34. The Morgan fingerprint density at radius 2 is 1.97 bits per heavy atom. The molecule has 2 fully saturated rings. The number of alkyl halides is 3. The maximum atomic E-state index is 15.7. The van der Waals surface area contributed by atoms with Crippen molar-refractivity contribution < 1.29 is 31.5 Å². The van der Waals surface area contributed by atoms with Crippen molar-refractivity contribution in [2.45, 2.75) is 62.9 Å². The summed E-state index contributed by atoms with van der Waals surface area (Å²) in [5.74, 6) is -4.47. The van der Waals surface area contributed by atoms with Crippen molar-refractivity contribution in [3.05, 3.63) is 46.3 Å². The van der Waals surface area contributed by atoms with E-state index < -0.39 is 52.1 Å². The zero-order valence-electron chi connectivity index (χ0n) is 21.9. The minimum absolute atomic E-state index is 0.0582. The monoisotopic (exact) mass is 579 g/mol. The Bertz CT molecular complexity index is 1120. The average molecular weight is 580 g/mol. The molecule has 0 saturated carbocycles. The molecule has 0 aliphatic carbocycles. The van der Waals surface area contributed by atoms with Crippen LogP contribution in [0.1, 0.15) is 44.6 Å². The molecule has 2 heterocycles. The summed E-state index contributed by atoms with van der Waals surface area (Å²) in [7, 11) is -3.38. The number of aliphatic hydroxyl groups excluding tert-OH is 1. The zero-order chi connectivity index (χ0) is 28.3. The van der Waals surface area contributed by atoms with Crippen LogP contribution in [0.15, 0.2) is 35.7 Å². The normalized spacial score (nSPS) is 27.8. The molecule has 38 heavy (non-hydrogen) atoms. The first kappa shape index (κ1) is 30.9. The van der Waals surface area contributed by atoms with Crippen molar-refractivity contribution >= 4 is 27.3 Å². The SMILES string of the molecule is C[C@H](/C=C\S(C)(=O)=O)NC(=O)[C@@]1(F)CCCN(C(O)[C@H]2CN(CC(C)(F)F)C[C@H]2c2ccccc2Cl)CC1. The molecule has 5 atom stereocenters. The van der Waals surface area contributed by atoms with Gasteiger partial charge in [-0.1, -0.05) is 35.9 Å². The Morgan fingerprint density at radius 3 is 2.61 bits per heavy atom. The predicted octanol–water partition coefficient (Wildman–Crippen LogP) is 3.59. The van der Waals surface area contributed by atoms with Crippen molar-refractivity contribution in [1.82, 2.24) is 15.1 Å². The van der Waals surface area contributed by atoms with E-state index in [-0.39, 0.29) is 31.8 Å². The second-order valence-corrected chi connectivity index (χ2v) is 13.1. The Balaban J connectivity index is 1.72. The summed E-state index contributed by atoms with van der Waals surface area (Å²) in [5, 5.41) is 15.4. The summed E-state index contributed by atoms with van der Waals surface area (Å²) in [4.78, 5) is 16.1. The van der Waals surface area contributed by atoms with E-state index in [2.05, 4.69) is 5.32 Å². The van der Waals surface area contributed by atoms with Crippen molar-refractivity contribution in [2.24, 2.45) is 5.92 Å². The summed E-state index contributed by atoms with van der Waals surface area (Å²) in [6.07, 6.45) is 1.33.